The maximum atomic E-state index is 11.7. The molecule has 0 unspecified atom stereocenters. The van der Waals surface area contributed by atoms with E-state index in [0.29, 0.717) is 5.02 Å². The fourth-order valence-electron chi connectivity index (χ4n) is 0.893. The van der Waals surface area contributed by atoms with Gasteiger partial charge < -0.3 is 4.55 Å². The summed E-state index contributed by atoms with van der Waals surface area (Å²) in [4.78, 5) is 0. The highest BCUT2D eigenvalue weighted by Gasteiger charge is 2.25. The van der Waals surface area contributed by atoms with E-state index in [1.54, 1.807) is 12.3 Å². The van der Waals surface area contributed by atoms with Crippen LogP contribution in [0.15, 0.2) is 27.1 Å². The highest BCUT2D eigenvalue weighted by atomic mass is 79.9. The van der Waals surface area contributed by atoms with Gasteiger partial charge in [0.25, 0.3) is 0 Å². The minimum Gasteiger partial charge on any atom is -0.591 e. The SMILES string of the molecule is CC(C)(C)[S@+]([O-])/N=C/c1c(Cl)cccc1Br. The molecule has 0 aromatic heterocycles. The van der Waals surface area contributed by atoms with Crippen LogP contribution in [0.4, 0.5) is 0 Å². The van der Waals surface area contributed by atoms with E-state index in [2.05, 4.69) is 20.3 Å². The number of nitrogens with zero attached hydrogens (tertiary/aromatic N) is 1. The van der Waals surface area contributed by atoms with E-state index < -0.39 is 11.4 Å². The van der Waals surface area contributed by atoms with E-state index in [1.165, 1.54) is 0 Å². The summed E-state index contributed by atoms with van der Waals surface area (Å²) in [5, 5.41) is 0.587. The van der Waals surface area contributed by atoms with Crippen LogP contribution in [0, 0.1) is 0 Å². The molecule has 1 aromatic rings. The third-order valence-corrected chi connectivity index (χ3v) is 4.17. The minimum atomic E-state index is -1.26. The highest BCUT2D eigenvalue weighted by Crippen LogP contribution is 2.24. The zero-order chi connectivity index (χ0) is 12.3. The zero-order valence-electron chi connectivity index (χ0n) is 9.33. The Labute approximate surface area is 113 Å². The third kappa shape index (κ3) is 3.77. The van der Waals surface area contributed by atoms with Gasteiger partial charge in [0.1, 0.15) is 16.1 Å². The lowest BCUT2D eigenvalue weighted by molar-refractivity contribution is 0.562. The molecule has 0 bridgehead atoms. The second-order valence-electron chi connectivity index (χ2n) is 4.23. The molecule has 0 saturated carbocycles. The van der Waals surface area contributed by atoms with Crippen molar-refractivity contribution in [2.45, 2.75) is 25.5 Å². The molecule has 0 aliphatic carbocycles. The second-order valence-corrected chi connectivity index (χ2v) is 7.43. The Morgan fingerprint density at radius 1 is 1.44 bits per heavy atom. The van der Waals surface area contributed by atoms with Crippen LogP contribution in [-0.4, -0.2) is 15.5 Å². The van der Waals surface area contributed by atoms with Crippen molar-refractivity contribution in [1.82, 2.24) is 0 Å². The minimum absolute atomic E-state index is 0.357. The molecular formula is C11H13BrClNOS. The van der Waals surface area contributed by atoms with Crippen molar-refractivity contribution in [2.75, 3.05) is 0 Å². The Balaban J connectivity index is 2.93. The van der Waals surface area contributed by atoms with Crippen molar-refractivity contribution in [3.05, 3.63) is 33.3 Å². The van der Waals surface area contributed by atoms with Crippen molar-refractivity contribution >= 4 is 45.1 Å². The normalized spacial score (nSPS) is 14.4. The molecule has 0 heterocycles. The maximum Gasteiger partial charge on any atom is 0.144 e. The van der Waals surface area contributed by atoms with Crippen LogP contribution in [0.2, 0.25) is 5.02 Å². The van der Waals surface area contributed by atoms with E-state index in [-0.39, 0.29) is 4.75 Å². The van der Waals surface area contributed by atoms with Crippen molar-refractivity contribution < 1.29 is 4.55 Å². The number of hydrogen-bond donors (Lipinski definition) is 0. The molecule has 1 aromatic carbocycles. The molecule has 5 heteroatoms. The molecule has 0 aliphatic heterocycles. The molecule has 0 N–H and O–H groups in total. The average molecular weight is 323 g/mol. The van der Waals surface area contributed by atoms with Gasteiger partial charge in [0.15, 0.2) is 0 Å². The van der Waals surface area contributed by atoms with E-state index in [4.69, 9.17) is 11.6 Å². The molecule has 0 radical (unpaired) electrons. The molecule has 2 nitrogen and oxygen atoms in total. The first-order valence-corrected chi connectivity index (χ1v) is 7.00. The third-order valence-electron chi connectivity index (χ3n) is 1.80. The van der Waals surface area contributed by atoms with Crippen LogP contribution in [0.3, 0.4) is 0 Å². The second kappa shape index (κ2) is 5.54. The van der Waals surface area contributed by atoms with E-state index >= 15 is 0 Å². The van der Waals surface area contributed by atoms with E-state index in [0.717, 1.165) is 10.0 Å². The van der Waals surface area contributed by atoms with Gasteiger partial charge in [-0.25, -0.2) is 0 Å². The molecule has 0 spiro atoms. The van der Waals surface area contributed by atoms with Crippen LogP contribution in [0.25, 0.3) is 0 Å². The molecule has 0 fully saturated rings. The summed E-state index contributed by atoms with van der Waals surface area (Å²) in [5.41, 5.74) is 0.752. The fraction of sp³-hybridized carbons (Fsp3) is 0.364. The summed E-state index contributed by atoms with van der Waals surface area (Å²) in [6, 6.07) is 5.48. The van der Waals surface area contributed by atoms with Gasteiger partial charge in [0.05, 0.1) is 11.2 Å². The molecule has 1 rings (SSSR count). The first-order valence-electron chi connectivity index (χ1n) is 4.72. The first-order chi connectivity index (χ1) is 7.32. The van der Waals surface area contributed by atoms with Crippen LogP contribution in [0.1, 0.15) is 26.3 Å². The summed E-state index contributed by atoms with van der Waals surface area (Å²) in [6.45, 7) is 5.63. The molecule has 0 aliphatic rings. The van der Waals surface area contributed by atoms with Gasteiger partial charge in [0.2, 0.25) is 0 Å². The molecular weight excluding hydrogens is 310 g/mol. The number of halogens is 2. The fourth-order valence-corrected chi connectivity index (χ4v) is 2.22. The van der Waals surface area contributed by atoms with Crippen molar-refractivity contribution in [1.29, 1.82) is 0 Å². The van der Waals surface area contributed by atoms with Crippen molar-refractivity contribution in [3.8, 4) is 0 Å². The summed E-state index contributed by atoms with van der Waals surface area (Å²) in [7, 11) is 0. The monoisotopic (exact) mass is 321 g/mol. The van der Waals surface area contributed by atoms with E-state index in [1.807, 2.05) is 32.9 Å². The van der Waals surface area contributed by atoms with Crippen LogP contribution >= 0.6 is 27.5 Å². The lowest BCUT2D eigenvalue weighted by Crippen LogP contribution is -2.25. The van der Waals surface area contributed by atoms with E-state index in [9.17, 15) is 4.55 Å². The maximum absolute atomic E-state index is 11.7. The van der Waals surface area contributed by atoms with Gasteiger partial charge >= 0.3 is 0 Å². The Morgan fingerprint density at radius 2 is 2.06 bits per heavy atom. The van der Waals surface area contributed by atoms with Gasteiger partial charge in [0, 0.05) is 10.0 Å². The topological polar surface area (TPSA) is 35.4 Å². The summed E-state index contributed by atoms with van der Waals surface area (Å²) in [6.07, 6.45) is 1.55. The lowest BCUT2D eigenvalue weighted by atomic mass is 10.2. The number of benzene rings is 1. The van der Waals surface area contributed by atoms with Crippen LogP contribution in [0.5, 0.6) is 0 Å². The summed E-state index contributed by atoms with van der Waals surface area (Å²) >= 11 is 8.12. The summed E-state index contributed by atoms with van der Waals surface area (Å²) in [5.74, 6) is 0. The molecule has 88 valence electrons. The Morgan fingerprint density at radius 3 is 2.56 bits per heavy atom. The number of rotatable bonds is 2. The Bertz CT molecular complexity index is 383. The van der Waals surface area contributed by atoms with Crippen LogP contribution < -0.4 is 0 Å². The average Bonchev–Trinajstić information content (AvgIpc) is 2.15. The molecule has 16 heavy (non-hydrogen) atoms. The quantitative estimate of drug-likeness (QED) is 0.599. The van der Waals surface area contributed by atoms with Gasteiger partial charge in [-0.15, -0.1) is 0 Å². The summed E-state index contributed by atoms with van der Waals surface area (Å²) < 4.78 is 16.2. The molecule has 0 saturated heterocycles. The van der Waals surface area contributed by atoms with Crippen molar-refractivity contribution in [3.63, 3.8) is 0 Å². The largest absolute Gasteiger partial charge is 0.591 e. The van der Waals surface area contributed by atoms with Crippen molar-refractivity contribution in [2.24, 2.45) is 4.40 Å². The standard InChI is InChI=1S/C11H13BrClNOS/c1-11(2,3)16(15)14-7-8-9(12)5-4-6-10(8)13/h4-7H,1-3H3/b14-7+/t16-/m0/s1. The molecule has 0 amide bonds. The zero-order valence-corrected chi connectivity index (χ0v) is 12.5. The van der Waals surface area contributed by atoms with Gasteiger partial charge in [-0.3, -0.25) is 0 Å². The van der Waals surface area contributed by atoms with Gasteiger partial charge in [-0.2, -0.15) is 0 Å². The number of hydrogen-bond acceptors (Lipinski definition) is 2. The van der Waals surface area contributed by atoms with Crippen LogP contribution in [-0.2, 0) is 11.4 Å². The lowest BCUT2D eigenvalue weighted by Gasteiger charge is -2.17. The Hall–Kier alpha value is -0.0300. The molecule has 1 atom stereocenters. The van der Waals surface area contributed by atoms with Gasteiger partial charge in [-0.1, -0.05) is 38.0 Å². The smallest absolute Gasteiger partial charge is 0.144 e. The predicted octanol–water partition coefficient (Wildman–Crippen LogP) is 3.98. The predicted molar refractivity (Wildman–Crippen MR) is 74.6 cm³/mol. The van der Waals surface area contributed by atoms with Gasteiger partial charge in [-0.05, 0) is 32.9 Å². The highest BCUT2D eigenvalue weighted by molar-refractivity contribution is 9.10. The first kappa shape index (κ1) is 14.0. The Kier molecular flexibility index (Phi) is 4.86.